The first-order valence-corrected chi connectivity index (χ1v) is 8.16. The molecule has 0 radical (unpaired) electrons. The lowest BCUT2D eigenvalue weighted by atomic mass is 9.96. The molecule has 2 rings (SSSR count). The van der Waals surface area contributed by atoms with Crippen LogP contribution >= 0.6 is 0 Å². The zero-order chi connectivity index (χ0) is 16.0. The van der Waals surface area contributed by atoms with Gasteiger partial charge in [-0.2, -0.15) is 0 Å². The molecule has 1 unspecified atom stereocenters. The fourth-order valence-electron chi connectivity index (χ4n) is 2.76. The van der Waals surface area contributed by atoms with Gasteiger partial charge in [-0.3, -0.25) is 4.90 Å². The van der Waals surface area contributed by atoms with Crippen molar-refractivity contribution < 1.29 is 9.47 Å². The van der Waals surface area contributed by atoms with E-state index >= 15 is 0 Å². The molecule has 1 atom stereocenters. The molecule has 0 aromatic heterocycles. The normalized spacial score (nSPS) is 18.2. The summed E-state index contributed by atoms with van der Waals surface area (Å²) in [5.41, 5.74) is 1.64. The van der Waals surface area contributed by atoms with Gasteiger partial charge < -0.3 is 14.8 Å². The third-order valence-electron chi connectivity index (χ3n) is 3.98. The van der Waals surface area contributed by atoms with Crippen LogP contribution in [0.2, 0.25) is 0 Å². The van der Waals surface area contributed by atoms with Gasteiger partial charge in [-0.05, 0) is 23.1 Å². The van der Waals surface area contributed by atoms with Crippen molar-refractivity contribution in [3.63, 3.8) is 0 Å². The average Bonchev–Trinajstić information content (AvgIpc) is 2.52. The van der Waals surface area contributed by atoms with Gasteiger partial charge in [-0.15, -0.1) is 0 Å². The number of ether oxygens (including phenoxy) is 2. The van der Waals surface area contributed by atoms with E-state index in [1.54, 1.807) is 7.11 Å². The molecule has 0 aliphatic carbocycles. The van der Waals surface area contributed by atoms with Crippen LogP contribution in [0.5, 0.6) is 5.75 Å². The largest absolute Gasteiger partial charge is 0.497 e. The Hall–Kier alpha value is -1.10. The lowest BCUT2D eigenvalue weighted by molar-refractivity contribution is 0.0158. The predicted molar refractivity (Wildman–Crippen MR) is 90.5 cm³/mol. The second-order valence-corrected chi connectivity index (χ2v) is 7.13. The van der Waals surface area contributed by atoms with E-state index in [0.29, 0.717) is 11.5 Å². The van der Waals surface area contributed by atoms with Crippen LogP contribution in [0.4, 0.5) is 0 Å². The van der Waals surface area contributed by atoms with E-state index in [9.17, 15) is 0 Å². The van der Waals surface area contributed by atoms with Gasteiger partial charge in [-0.1, -0.05) is 32.9 Å². The SMILES string of the molecule is COc1ccc(C(CNCC(C)(C)C)N2CCOCC2)cc1. The van der Waals surface area contributed by atoms with Crippen LogP contribution in [0.3, 0.4) is 0 Å². The zero-order valence-corrected chi connectivity index (χ0v) is 14.4. The Morgan fingerprint density at radius 3 is 2.36 bits per heavy atom. The molecular weight excluding hydrogens is 276 g/mol. The van der Waals surface area contributed by atoms with Crippen molar-refractivity contribution in [1.29, 1.82) is 0 Å². The summed E-state index contributed by atoms with van der Waals surface area (Å²) in [5, 5.41) is 3.64. The smallest absolute Gasteiger partial charge is 0.118 e. The van der Waals surface area contributed by atoms with E-state index in [2.05, 4.69) is 43.1 Å². The summed E-state index contributed by atoms with van der Waals surface area (Å²) < 4.78 is 10.8. The standard InChI is InChI=1S/C18H30N2O2/c1-18(2,3)14-19-13-17(20-9-11-22-12-10-20)15-5-7-16(21-4)8-6-15/h5-8,17,19H,9-14H2,1-4H3. The lowest BCUT2D eigenvalue weighted by Crippen LogP contribution is -2.43. The molecule has 1 aromatic carbocycles. The molecule has 0 amide bonds. The average molecular weight is 306 g/mol. The number of hydrogen-bond acceptors (Lipinski definition) is 4. The van der Waals surface area contributed by atoms with Crippen LogP contribution in [0.1, 0.15) is 32.4 Å². The quantitative estimate of drug-likeness (QED) is 0.876. The molecule has 1 aromatic rings. The maximum atomic E-state index is 5.50. The van der Waals surface area contributed by atoms with Gasteiger partial charge in [0.25, 0.3) is 0 Å². The molecule has 1 saturated heterocycles. The summed E-state index contributed by atoms with van der Waals surface area (Å²) in [5.74, 6) is 0.909. The lowest BCUT2D eigenvalue weighted by Gasteiger charge is -2.35. The van der Waals surface area contributed by atoms with E-state index in [1.807, 2.05) is 12.1 Å². The molecule has 1 heterocycles. The molecular formula is C18H30N2O2. The summed E-state index contributed by atoms with van der Waals surface area (Å²) in [6, 6.07) is 8.84. The molecule has 0 spiro atoms. The number of rotatable bonds is 6. The van der Waals surface area contributed by atoms with Gasteiger partial charge >= 0.3 is 0 Å². The van der Waals surface area contributed by atoms with Gasteiger partial charge in [0.2, 0.25) is 0 Å². The summed E-state index contributed by atoms with van der Waals surface area (Å²) >= 11 is 0. The van der Waals surface area contributed by atoms with Crippen LogP contribution in [-0.4, -0.2) is 51.4 Å². The number of morpholine rings is 1. The fraction of sp³-hybridized carbons (Fsp3) is 0.667. The topological polar surface area (TPSA) is 33.7 Å². The maximum absolute atomic E-state index is 5.50. The van der Waals surface area contributed by atoms with E-state index in [-0.39, 0.29) is 0 Å². The Kier molecular flexibility index (Phi) is 6.24. The van der Waals surface area contributed by atoms with Crippen molar-refractivity contribution in [3.05, 3.63) is 29.8 Å². The fourth-order valence-corrected chi connectivity index (χ4v) is 2.76. The summed E-state index contributed by atoms with van der Waals surface area (Å²) in [4.78, 5) is 2.51. The Bertz CT molecular complexity index is 433. The highest BCUT2D eigenvalue weighted by Crippen LogP contribution is 2.24. The maximum Gasteiger partial charge on any atom is 0.118 e. The molecule has 0 bridgehead atoms. The molecule has 0 saturated carbocycles. The first-order valence-electron chi connectivity index (χ1n) is 8.16. The second-order valence-electron chi connectivity index (χ2n) is 7.13. The van der Waals surface area contributed by atoms with Crippen molar-refractivity contribution in [2.75, 3.05) is 46.5 Å². The monoisotopic (exact) mass is 306 g/mol. The van der Waals surface area contributed by atoms with E-state index < -0.39 is 0 Å². The van der Waals surface area contributed by atoms with Gasteiger partial charge in [-0.25, -0.2) is 0 Å². The zero-order valence-electron chi connectivity index (χ0n) is 14.4. The van der Waals surface area contributed by atoms with Crippen LogP contribution in [0.15, 0.2) is 24.3 Å². The van der Waals surface area contributed by atoms with Crippen molar-refractivity contribution in [2.45, 2.75) is 26.8 Å². The molecule has 4 nitrogen and oxygen atoms in total. The summed E-state index contributed by atoms with van der Waals surface area (Å²) in [6.07, 6.45) is 0. The molecule has 22 heavy (non-hydrogen) atoms. The van der Waals surface area contributed by atoms with Gasteiger partial charge in [0.15, 0.2) is 0 Å². The molecule has 1 aliphatic heterocycles. The Balaban J connectivity index is 2.05. The molecule has 4 heteroatoms. The summed E-state index contributed by atoms with van der Waals surface area (Å²) in [7, 11) is 1.71. The van der Waals surface area contributed by atoms with Gasteiger partial charge in [0, 0.05) is 32.2 Å². The third-order valence-corrected chi connectivity index (χ3v) is 3.98. The highest BCUT2D eigenvalue weighted by molar-refractivity contribution is 5.29. The number of nitrogens with zero attached hydrogens (tertiary/aromatic N) is 1. The second kappa shape index (κ2) is 7.95. The summed E-state index contributed by atoms with van der Waals surface area (Å²) in [6.45, 7) is 12.4. The molecule has 124 valence electrons. The first-order chi connectivity index (χ1) is 10.5. The Morgan fingerprint density at radius 1 is 1.18 bits per heavy atom. The Labute approximate surface area is 134 Å². The number of methoxy groups -OCH3 is 1. The number of hydrogen-bond donors (Lipinski definition) is 1. The highest BCUT2D eigenvalue weighted by Gasteiger charge is 2.23. The number of nitrogens with one attached hydrogen (secondary N) is 1. The minimum absolute atomic E-state index is 0.301. The Morgan fingerprint density at radius 2 is 1.82 bits per heavy atom. The molecule has 1 aliphatic rings. The molecule has 1 N–H and O–H groups in total. The van der Waals surface area contributed by atoms with Crippen molar-refractivity contribution >= 4 is 0 Å². The molecule has 1 fully saturated rings. The van der Waals surface area contributed by atoms with Crippen molar-refractivity contribution in [2.24, 2.45) is 5.41 Å². The van der Waals surface area contributed by atoms with Crippen LogP contribution in [0, 0.1) is 5.41 Å². The van der Waals surface area contributed by atoms with Gasteiger partial charge in [0.1, 0.15) is 5.75 Å². The van der Waals surface area contributed by atoms with Crippen LogP contribution < -0.4 is 10.1 Å². The van der Waals surface area contributed by atoms with Crippen molar-refractivity contribution in [1.82, 2.24) is 10.2 Å². The minimum atomic E-state index is 0.301. The van der Waals surface area contributed by atoms with Crippen LogP contribution in [0.25, 0.3) is 0 Å². The number of benzene rings is 1. The minimum Gasteiger partial charge on any atom is -0.497 e. The van der Waals surface area contributed by atoms with Gasteiger partial charge in [0.05, 0.1) is 20.3 Å². The van der Waals surface area contributed by atoms with E-state index in [1.165, 1.54) is 5.56 Å². The first kappa shape index (κ1) is 17.3. The third kappa shape index (κ3) is 5.27. The van der Waals surface area contributed by atoms with E-state index in [0.717, 1.165) is 45.1 Å². The van der Waals surface area contributed by atoms with E-state index in [4.69, 9.17) is 9.47 Å². The predicted octanol–water partition coefficient (Wildman–Crippen LogP) is 2.70. The van der Waals surface area contributed by atoms with Crippen LogP contribution in [-0.2, 0) is 4.74 Å². The highest BCUT2D eigenvalue weighted by atomic mass is 16.5. The van der Waals surface area contributed by atoms with Crippen molar-refractivity contribution in [3.8, 4) is 5.75 Å².